The molecule has 0 saturated heterocycles. The van der Waals surface area contributed by atoms with Crippen molar-refractivity contribution >= 4 is 23.6 Å². The van der Waals surface area contributed by atoms with Crippen LogP contribution in [0.2, 0.25) is 0 Å². The van der Waals surface area contributed by atoms with E-state index in [-0.39, 0.29) is 5.70 Å². The van der Waals surface area contributed by atoms with Crippen molar-refractivity contribution in [3.63, 3.8) is 0 Å². The second-order valence-electron chi connectivity index (χ2n) is 6.14. The van der Waals surface area contributed by atoms with Gasteiger partial charge in [0.05, 0.1) is 25.7 Å². The molecule has 0 saturated carbocycles. The summed E-state index contributed by atoms with van der Waals surface area (Å²) < 4.78 is 15.9. The Morgan fingerprint density at radius 1 is 1.03 bits per heavy atom. The van der Waals surface area contributed by atoms with Gasteiger partial charge in [-0.3, -0.25) is 9.59 Å². The van der Waals surface area contributed by atoms with Gasteiger partial charge in [0.1, 0.15) is 23.0 Å². The molecule has 0 aliphatic heterocycles. The first-order valence-electron chi connectivity index (χ1n) is 9.34. The van der Waals surface area contributed by atoms with Crippen LogP contribution in [-0.2, 0) is 4.79 Å². The van der Waals surface area contributed by atoms with Crippen LogP contribution in [0.25, 0.3) is 6.08 Å². The van der Waals surface area contributed by atoms with Crippen molar-refractivity contribution in [3.05, 3.63) is 83.9 Å². The van der Waals surface area contributed by atoms with Gasteiger partial charge in [-0.05, 0) is 55.5 Å². The van der Waals surface area contributed by atoms with Gasteiger partial charge >= 0.3 is 0 Å². The molecule has 3 aromatic rings. The van der Waals surface area contributed by atoms with Gasteiger partial charge < -0.3 is 24.5 Å². The third kappa shape index (κ3) is 5.29. The summed E-state index contributed by atoms with van der Waals surface area (Å²) in [5.41, 5.74) is 0.897. The zero-order valence-corrected chi connectivity index (χ0v) is 16.7. The minimum Gasteiger partial charge on any atom is -0.497 e. The number of anilines is 1. The lowest BCUT2D eigenvalue weighted by Crippen LogP contribution is -2.30. The van der Waals surface area contributed by atoms with E-state index in [4.69, 9.17) is 13.9 Å². The Morgan fingerprint density at radius 3 is 2.47 bits per heavy atom. The number of furan rings is 1. The molecule has 1 heterocycles. The molecule has 0 spiro atoms. The summed E-state index contributed by atoms with van der Waals surface area (Å²) in [5.74, 6) is 0.632. The van der Waals surface area contributed by atoms with Crippen LogP contribution in [0.4, 0.5) is 5.69 Å². The Kier molecular flexibility index (Phi) is 6.89. The van der Waals surface area contributed by atoms with E-state index in [0.29, 0.717) is 35.1 Å². The average molecular weight is 406 g/mol. The molecule has 2 amide bonds. The number of carbonyl (C=O) groups is 2. The molecule has 0 unspecified atom stereocenters. The standard InChI is InChI=1S/C23H22N2O5/c1-3-29-21-9-5-4-8-19(21)24-23(27)20(15-18-7-6-14-30-18)25-22(26)16-10-12-17(28-2)13-11-16/h4-15H,3H2,1-2H3,(H,24,27)(H,25,26)/b20-15-. The summed E-state index contributed by atoms with van der Waals surface area (Å²) >= 11 is 0. The van der Waals surface area contributed by atoms with Gasteiger partial charge in [0.2, 0.25) is 0 Å². The lowest BCUT2D eigenvalue weighted by atomic mass is 10.2. The average Bonchev–Trinajstić information content (AvgIpc) is 3.28. The first-order valence-corrected chi connectivity index (χ1v) is 9.34. The van der Waals surface area contributed by atoms with E-state index < -0.39 is 11.8 Å². The van der Waals surface area contributed by atoms with Crippen LogP contribution in [0.3, 0.4) is 0 Å². The number of carbonyl (C=O) groups excluding carboxylic acids is 2. The van der Waals surface area contributed by atoms with Crippen molar-refractivity contribution in [2.45, 2.75) is 6.92 Å². The number of nitrogens with one attached hydrogen (secondary N) is 2. The number of hydrogen-bond donors (Lipinski definition) is 2. The first kappa shape index (κ1) is 20.7. The first-order chi connectivity index (χ1) is 14.6. The van der Waals surface area contributed by atoms with Crippen molar-refractivity contribution in [1.29, 1.82) is 0 Å². The molecule has 0 radical (unpaired) electrons. The van der Waals surface area contributed by atoms with Crippen LogP contribution < -0.4 is 20.1 Å². The summed E-state index contributed by atoms with van der Waals surface area (Å²) in [7, 11) is 1.55. The summed E-state index contributed by atoms with van der Waals surface area (Å²) in [6, 6.07) is 17.0. The Bertz CT molecular complexity index is 1020. The minimum atomic E-state index is -0.514. The fraction of sp³-hybridized carbons (Fsp3) is 0.130. The highest BCUT2D eigenvalue weighted by atomic mass is 16.5. The Morgan fingerprint density at radius 2 is 1.80 bits per heavy atom. The van der Waals surface area contributed by atoms with Gasteiger partial charge in [-0.2, -0.15) is 0 Å². The van der Waals surface area contributed by atoms with Crippen LogP contribution in [-0.4, -0.2) is 25.5 Å². The summed E-state index contributed by atoms with van der Waals surface area (Å²) in [5, 5.41) is 5.42. The molecule has 154 valence electrons. The van der Waals surface area contributed by atoms with Gasteiger partial charge in [-0.1, -0.05) is 12.1 Å². The Balaban J connectivity index is 1.84. The van der Waals surface area contributed by atoms with E-state index in [2.05, 4.69) is 10.6 Å². The Hall–Kier alpha value is -4.00. The maximum atomic E-state index is 13.0. The quantitative estimate of drug-likeness (QED) is 0.550. The lowest BCUT2D eigenvalue weighted by Gasteiger charge is -2.14. The third-order valence-corrected chi connectivity index (χ3v) is 4.11. The predicted molar refractivity (Wildman–Crippen MR) is 113 cm³/mol. The normalized spacial score (nSPS) is 10.9. The van der Waals surface area contributed by atoms with Crippen LogP contribution in [0.15, 0.2) is 77.0 Å². The van der Waals surface area contributed by atoms with E-state index in [1.807, 2.05) is 13.0 Å². The molecule has 30 heavy (non-hydrogen) atoms. The van der Waals surface area contributed by atoms with Crippen molar-refractivity contribution in [2.24, 2.45) is 0 Å². The monoisotopic (exact) mass is 406 g/mol. The summed E-state index contributed by atoms with van der Waals surface area (Å²) in [6.45, 7) is 2.31. The second kappa shape index (κ2) is 9.97. The molecule has 2 aromatic carbocycles. The van der Waals surface area contributed by atoms with Crippen molar-refractivity contribution < 1.29 is 23.5 Å². The second-order valence-corrected chi connectivity index (χ2v) is 6.14. The van der Waals surface area contributed by atoms with E-state index in [1.165, 1.54) is 12.3 Å². The van der Waals surface area contributed by atoms with Crippen molar-refractivity contribution in [3.8, 4) is 11.5 Å². The Labute approximate surface area is 174 Å². The number of benzene rings is 2. The number of methoxy groups -OCH3 is 1. The summed E-state index contributed by atoms with van der Waals surface area (Å²) in [6.07, 6.45) is 2.94. The van der Waals surface area contributed by atoms with Crippen LogP contribution in [0.5, 0.6) is 11.5 Å². The molecule has 0 fully saturated rings. The SMILES string of the molecule is CCOc1ccccc1NC(=O)/C(=C/c1ccco1)NC(=O)c1ccc(OC)cc1. The number of para-hydroxylation sites is 2. The van der Waals surface area contributed by atoms with Gasteiger partial charge in [-0.15, -0.1) is 0 Å². The molecule has 0 atom stereocenters. The molecule has 0 aliphatic carbocycles. The highest BCUT2D eigenvalue weighted by molar-refractivity contribution is 6.11. The largest absolute Gasteiger partial charge is 0.497 e. The van der Waals surface area contributed by atoms with Crippen LogP contribution >= 0.6 is 0 Å². The minimum absolute atomic E-state index is 0.0251. The van der Waals surface area contributed by atoms with Crippen LogP contribution in [0.1, 0.15) is 23.0 Å². The topological polar surface area (TPSA) is 89.8 Å². The highest BCUT2D eigenvalue weighted by Crippen LogP contribution is 2.24. The van der Waals surface area contributed by atoms with Crippen molar-refractivity contribution in [1.82, 2.24) is 5.32 Å². The van der Waals surface area contributed by atoms with Gasteiger partial charge in [-0.25, -0.2) is 0 Å². The molecular weight excluding hydrogens is 384 g/mol. The number of amides is 2. The number of hydrogen-bond acceptors (Lipinski definition) is 5. The molecule has 0 bridgehead atoms. The molecule has 2 N–H and O–H groups in total. The molecule has 3 rings (SSSR count). The fourth-order valence-electron chi connectivity index (χ4n) is 2.65. The third-order valence-electron chi connectivity index (χ3n) is 4.11. The van der Waals surface area contributed by atoms with Gasteiger partial charge in [0.15, 0.2) is 0 Å². The predicted octanol–water partition coefficient (Wildman–Crippen LogP) is 4.10. The molecule has 7 nitrogen and oxygen atoms in total. The molecular formula is C23H22N2O5. The maximum Gasteiger partial charge on any atom is 0.272 e. The van der Waals surface area contributed by atoms with Gasteiger partial charge in [0, 0.05) is 11.6 Å². The maximum absolute atomic E-state index is 13.0. The van der Waals surface area contributed by atoms with Crippen molar-refractivity contribution in [2.75, 3.05) is 19.0 Å². The highest BCUT2D eigenvalue weighted by Gasteiger charge is 2.17. The zero-order valence-electron chi connectivity index (χ0n) is 16.7. The number of ether oxygens (including phenoxy) is 2. The van der Waals surface area contributed by atoms with E-state index in [9.17, 15) is 9.59 Å². The molecule has 1 aromatic heterocycles. The fourth-order valence-corrected chi connectivity index (χ4v) is 2.65. The van der Waals surface area contributed by atoms with Crippen LogP contribution in [0, 0.1) is 0 Å². The lowest BCUT2D eigenvalue weighted by molar-refractivity contribution is -0.113. The zero-order chi connectivity index (χ0) is 21.3. The van der Waals surface area contributed by atoms with E-state index >= 15 is 0 Å². The molecule has 0 aliphatic rings. The molecule has 7 heteroatoms. The smallest absolute Gasteiger partial charge is 0.272 e. The van der Waals surface area contributed by atoms with E-state index in [1.54, 1.807) is 61.7 Å². The summed E-state index contributed by atoms with van der Waals surface area (Å²) in [4.78, 5) is 25.6. The van der Waals surface area contributed by atoms with E-state index in [0.717, 1.165) is 0 Å². The number of rotatable bonds is 8. The van der Waals surface area contributed by atoms with Gasteiger partial charge in [0.25, 0.3) is 11.8 Å².